The van der Waals surface area contributed by atoms with E-state index in [1.165, 1.54) is 11.3 Å². The van der Waals surface area contributed by atoms with E-state index in [1.54, 1.807) is 29.7 Å². The molecule has 5 aromatic rings. The summed E-state index contributed by atoms with van der Waals surface area (Å²) in [5, 5.41) is 3.51. The molecule has 1 aliphatic rings. The molecule has 6 rings (SSSR count). The Kier molecular flexibility index (Phi) is 7.70. The summed E-state index contributed by atoms with van der Waals surface area (Å²) in [6.07, 6.45) is 1.71. The van der Waals surface area contributed by atoms with Gasteiger partial charge in [-0.05, 0) is 67.1 Å². The van der Waals surface area contributed by atoms with Crippen molar-refractivity contribution in [2.24, 2.45) is 4.99 Å². The highest BCUT2D eigenvalue weighted by Crippen LogP contribution is 2.33. The molecule has 3 heterocycles. The first-order chi connectivity index (χ1) is 19.8. The number of nitrogens with one attached hydrogen (secondary N) is 1. The van der Waals surface area contributed by atoms with Crippen molar-refractivity contribution in [2.45, 2.75) is 13.0 Å². The molecule has 3 aromatic carbocycles. The van der Waals surface area contributed by atoms with Crippen LogP contribution in [0, 0.1) is 0 Å². The molecule has 1 atom stereocenters. The Morgan fingerprint density at radius 1 is 1.05 bits per heavy atom. The van der Waals surface area contributed by atoms with Gasteiger partial charge in [-0.3, -0.25) is 14.2 Å². The summed E-state index contributed by atoms with van der Waals surface area (Å²) in [5.74, 6) is 0.854. The predicted octanol–water partition coefficient (Wildman–Crippen LogP) is 7.31. The third-order valence-corrected chi connectivity index (χ3v) is 9.00. The second-order valence-electron chi connectivity index (χ2n) is 9.28. The van der Waals surface area contributed by atoms with Gasteiger partial charge in [-0.2, -0.15) is 0 Å². The quantitative estimate of drug-likeness (QED) is 0.208. The predicted molar refractivity (Wildman–Crippen MR) is 170 cm³/mol. The largest absolute Gasteiger partial charge is 0.457 e. The molecule has 0 unspecified atom stereocenters. The number of anilines is 1. The van der Waals surface area contributed by atoms with Crippen LogP contribution in [0.25, 0.3) is 17.4 Å². The van der Waals surface area contributed by atoms with E-state index in [4.69, 9.17) is 21.0 Å². The number of furan rings is 1. The van der Waals surface area contributed by atoms with Crippen molar-refractivity contribution in [3.8, 4) is 11.3 Å². The normalized spacial score (nSPS) is 15.0. The average molecular weight is 710 g/mol. The maximum Gasteiger partial charge on any atom is 0.271 e. The van der Waals surface area contributed by atoms with Gasteiger partial charge in [0.15, 0.2) is 4.80 Å². The van der Waals surface area contributed by atoms with E-state index in [9.17, 15) is 9.59 Å². The lowest BCUT2D eigenvalue weighted by Gasteiger charge is -2.25. The van der Waals surface area contributed by atoms with E-state index in [-0.39, 0.29) is 11.5 Å². The van der Waals surface area contributed by atoms with Gasteiger partial charge in [0, 0.05) is 31.3 Å². The van der Waals surface area contributed by atoms with E-state index in [1.807, 2.05) is 72.8 Å². The zero-order chi connectivity index (χ0) is 28.7. The van der Waals surface area contributed by atoms with Crippen LogP contribution in [0.15, 0.2) is 119 Å². The lowest BCUT2D eigenvalue weighted by Crippen LogP contribution is -2.40. The number of fused-ring (bicyclic) bond motifs is 1. The number of halogens is 3. The summed E-state index contributed by atoms with van der Waals surface area (Å²) in [7, 11) is 0. The van der Waals surface area contributed by atoms with Crippen molar-refractivity contribution in [2.75, 3.05) is 5.32 Å². The Bertz CT molecular complexity index is 2010. The monoisotopic (exact) mass is 707 g/mol. The molecule has 6 nitrogen and oxygen atoms in total. The molecule has 10 heteroatoms. The maximum atomic E-state index is 13.9. The number of carbonyl (C=O) groups excluding carboxylic acids is 1. The van der Waals surface area contributed by atoms with Crippen molar-refractivity contribution in [1.82, 2.24) is 4.57 Å². The van der Waals surface area contributed by atoms with Gasteiger partial charge in [-0.25, -0.2) is 4.99 Å². The van der Waals surface area contributed by atoms with Crippen molar-refractivity contribution in [3.05, 3.63) is 141 Å². The first-order valence-corrected chi connectivity index (χ1v) is 15.3. The highest BCUT2D eigenvalue weighted by atomic mass is 79.9. The fraction of sp³-hybridized carbons (Fsp3) is 0.0645. The van der Waals surface area contributed by atoms with Gasteiger partial charge in [0.2, 0.25) is 0 Å². The summed E-state index contributed by atoms with van der Waals surface area (Å²) in [6.45, 7) is 1.79. The highest BCUT2D eigenvalue weighted by Gasteiger charge is 2.32. The number of hydrogen-bond donors (Lipinski definition) is 1. The van der Waals surface area contributed by atoms with Crippen molar-refractivity contribution in [1.29, 1.82) is 0 Å². The SMILES string of the molecule is CC1=C(C(=O)Nc2ccccc2)[C@@H](c2ccc(Cl)cc2)n2c(s/c(=C/c3ccc(-c4cc(Br)ccc4Br)o3)c2=O)=N1. The standard InChI is InChI=1S/C31H20Br2ClN3O3S/c1-17-27(29(38)36-21-5-3-2-4-6-21)28(18-7-10-20(34)11-8-18)37-30(39)26(41-31(37)35-17)16-22-12-14-25(40-22)23-15-19(32)9-13-24(23)33/h2-16,28H,1H3,(H,36,38)/b26-16+/t28-/m1/s1. The number of amides is 1. The minimum atomic E-state index is -0.695. The summed E-state index contributed by atoms with van der Waals surface area (Å²) < 4.78 is 9.92. The van der Waals surface area contributed by atoms with Crippen LogP contribution in [0.1, 0.15) is 24.3 Å². The van der Waals surface area contributed by atoms with Crippen molar-refractivity contribution < 1.29 is 9.21 Å². The molecule has 2 aromatic heterocycles. The smallest absolute Gasteiger partial charge is 0.271 e. The topological polar surface area (TPSA) is 76.6 Å². The van der Waals surface area contributed by atoms with Crippen LogP contribution in [-0.4, -0.2) is 10.5 Å². The molecule has 0 fully saturated rings. The Balaban J connectivity index is 1.45. The maximum absolute atomic E-state index is 13.9. The zero-order valence-corrected chi connectivity index (χ0v) is 26.1. The van der Waals surface area contributed by atoms with Gasteiger partial charge in [0.25, 0.3) is 11.5 Å². The van der Waals surface area contributed by atoms with Crippen LogP contribution < -0.4 is 20.2 Å². The third kappa shape index (κ3) is 5.55. The molecule has 1 aliphatic heterocycles. The number of para-hydroxylation sites is 1. The van der Waals surface area contributed by atoms with E-state index in [0.29, 0.717) is 42.8 Å². The Hall–Kier alpha value is -3.50. The lowest BCUT2D eigenvalue weighted by atomic mass is 9.95. The van der Waals surface area contributed by atoms with Gasteiger partial charge >= 0.3 is 0 Å². The molecule has 41 heavy (non-hydrogen) atoms. The first-order valence-electron chi connectivity index (χ1n) is 12.5. The molecule has 0 bridgehead atoms. The molecule has 1 N–H and O–H groups in total. The fourth-order valence-corrected chi connectivity index (χ4v) is 6.64. The number of benzene rings is 3. The van der Waals surface area contributed by atoms with Crippen LogP contribution in [0.4, 0.5) is 5.69 Å². The van der Waals surface area contributed by atoms with E-state index >= 15 is 0 Å². The molecular formula is C31H20Br2ClN3O3S. The van der Waals surface area contributed by atoms with Crippen molar-refractivity contribution >= 4 is 72.5 Å². The number of allylic oxidation sites excluding steroid dienone is 1. The van der Waals surface area contributed by atoms with E-state index < -0.39 is 6.04 Å². The molecule has 0 aliphatic carbocycles. The number of aromatic nitrogens is 1. The van der Waals surface area contributed by atoms with Crippen LogP contribution >= 0.6 is 54.8 Å². The molecular weight excluding hydrogens is 690 g/mol. The Morgan fingerprint density at radius 2 is 1.80 bits per heavy atom. The summed E-state index contributed by atoms with van der Waals surface area (Å²) in [5.41, 5.74) is 2.92. The van der Waals surface area contributed by atoms with E-state index in [2.05, 4.69) is 37.2 Å². The second-order valence-corrected chi connectivity index (χ2v) is 12.5. The van der Waals surface area contributed by atoms with Crippen LogP contribution in [0.5, 0.6) is 0 Å². The molecule has 0 radical (unpaired) electrons. The average Bonchev–Trinajstić information content (AvgIpc) is 3.54. The number of rotatable bonds is 5. The summed E-state index contributed by atoms with van der Waals surface area (Å²) in [4.78, 5) is 32.8. The molecule has 0 spiro atoms. The van der Waals surface area contributed by atoms with Gasteiger partial charge in [-0.1, -0.05) is 85.1 Å². The number of hydrogen-bond acceptors (Lipinski definition) is 5. The van der Waals surface area contributed by atoms with Crippen LogP contribution in [-0.2, 0) is 4.79 Å². The third-order valence-electron chi connectivity index (χ3n) is 6.58. The van der Waals surface area contributed by atoms with Gasteiger partial charge in [0.05, 0.1) is 21.8 Å². The number of thiazole rings is 1. The Morgan fingerprint density at radius 3 is 2.56 bits per heavy atom. The lowest BCUT2D eigenvalue weighted by molar-refractivity contribution is -0.113. The minimum Gasteiger partial charge on any atom is -0.457 e. The summed E-state index contributed by atoms with van der Waals surface area (Å²) in [6, 6.07) is 25.2. The highest BCUT2D eigenvalue weighted by molar-refractivity contribution is 9.11. The van der Waals surface area contributed by atoms with E-state index in [0.717, 1.165) is 20.1 Å². The Labute approximate surface area is 260 Å². The van der Waals surface area contributed by atoms with Crippen LogP contribution in [0.2, 0.25) is 5.02 Å². The number of nitrogens with zero attached hydrogens (tertiary/aromatic N) is 2. The van der Waals surface area contributed by atoms with Crippen LogP contribution in [0.3, 0.4) is 0 Å². The minimum absolute atomic E-state index is 0.271. The molecule has 0 saturated carbocycles. The second kappa shape index (κ2) is 11.4. The van der Waals surface area contributed by atoms with Gasteiger partial charge in [0.1, 0.15) is 11.5 Å². The number of carbonyl (C=O) groups is 1. The molecule has 204 valence electrons. The van der Waals surface area contributed by atoms with Gasteiger partial charge < -0.3 is 9.73 Å². The summed E-state index contributed by atoms with van der Waals surface area (Å²) >= 11 is 14.5. The van der Waals surface area contributed by atoms with Gasteiger partial charge in [-0.15, -0.1) is 0 Å². The fourth-order valence-electron chi connectivity index (χ4n) is 4.68. The first kappa shape index (κ1) is 27.7. The van der Waals surface area contributed by atoms with Crippen molar-refractivity contribution in [3.63, 3.8) is 0 Å². The zero-order valence-electron chi connectivity index (χ0n) is 21.4. The molecule has 0 saturated heterocycles. The molecule has 1 amide bonds.